The number of aromatic carboxylic acids is 1. The second-order valence-corrected chi connectivity index (χ2v) is 4.88. The van der Waals surface area contributed by atoms with E-state index >= 15 is 0 Å². The van der Waals surface area contributed by atoms with Crippen LogP contribution >= 0.6 is 0 Å². The average Bonchev–Trinajstić information content (AvgIpc) is 2.18. The first-order chi connectivity index (χ1) is 6.94. The van der Waals surface area contributed by atoms with Crippen LogP contribution in [0, 0.1) is 0 Å². The van der Waals surface area contributed by atoms with Crippen LogP contribution in [0.25, 0.3) is 0 Å². The summed E-state index contributed by atoms with van der Waals surface area (Å²) < 4.78 is 24.6. The summed E-state index contributed by atoms with van der Waals surface area (Å²) in [5.74, 6) is -1.32. The highest BCUT2D eigenvalue weighted by molar-refractivity contribution is 7.92. The Morgan fingerprint density at radius 1 is 1.33 bits per heavy atom. The lowest BCUT2D eigenvalue weighted by molar-refractivity contribution is -0.255. The van der Waals surface area contributed by atoms with Gasteiger partial charge in [0.15, 0.2) is 0 Å². The quantitative estimate of drug-likeness (QED) is 0.774. The second-order valence-electron chi connectivity index (χ2n) is 2.87. The molecule has 0 aromatic heterocycles. The molecule has 1 aromatic carbocycles. The Morgan fingerprint density at radius 2 is 1.87 bits per heavy atom. The second kappa shape index (κ2) is 4.31. The maximum absolute atomic E-state index is 11.1. The number of benzene rings is 1. The maximum atomic E-state index is 11.1. The average molecular weight is 228 g/mol. The summed E-state index contributed by atoms with van der Waals surface area (Å²) in [4.78, 5) is 10.4. The molecule has 0 aliphatic rings. The normalized spacial score (nSPS) is 11.0. The largest absolute Gasteiger partial charge is 0.545 e. The molecule has 1 rings (SSSR count). The monoisotopic (exact) mass is 228 g/mol. The Morgan fingerprint density at radius 3 is 2.27 bits per heavy atom. The van der Waals surface area contributed by atoms with E-state index in [0.717, 1.165) is 0 Å². The van der Waals surface area contributed by atoms with Crippen LogP contribution in [0.4, 0.5) is 5.69 Å². The van der Waals surface area contributed by atoms with Gasteiger partial charge >= 0.3 is 0 Å². The van der Waals surface area contributed by atoms with Crippen LogP contribution in [0.2, 0.25) is 0 Å². The molecule has 0 bridgehead atoms. The van der Waals surface area contributed by atoms with Crippen molar-refractivity contribution >= 4 is 21.7 Å². The highest BCUT2D eigenvalue weighted by Crippen LogP contribution is 2.10. The Bertz CT molecular complexity index is 450. The fraction of sp³-hybridized carbons (Fsp3) is 0.222. The van der Waals surface area contributed by atoms with Gasteiger partial charge in [-0.25, -0.2) is 8.42 Å². The van der Waals surface area contributed by atoms with E-state index < -0.39 is 16.0 Å². The molecule has 15 heavy (non-hydrogen) atoms. The number of sulfonamides is 1. The fourth-order valence-corrected chi connectivity index (χ4v) is 1.57. The van der Waals surface area contributed by atoms with Crippen molar-refractivity contribution in [2.75, 3.05) is 10.5 Å². The summed E-state index contributed by atoms with van der Waals surface area (Å²) >= 11 is 0. The first-order valence-corrected chi connectivity index (χ1v) is 5.92. The third-order valence-electron chi connectivity index (χ3n) is 1.77. The molecule has 6 heteroatoms. The van der Waals surface area contributed by atoms with Crippen molar-refractivity contribution in [1.29, 1.82) is 0 Å². The molecule has 0 heterocycles. The van der Waals surface area contributed by atoms with Crippen LogP contribution in [-0.2, 0) is 10.0 Å². The van der Waals surface area contributed by atoms with Gasteiger partial charge in [-0.1, -0.05) is 12.1 Å². The number of rotatable bonds is 4. The molecule has 0 aliphatic carbocycles. The Kier molecular flexibility index (Phi) is 3.31. The predicted octanol–water partition coefficient (Wildman–Crippen LogP) is -0.188. The minimum atomic E-state index is -3.32. The first-order valence-electron chi connectivity index (χ1n) is 4.26. The standard InChI is InChI=1S/C9H11NO4S/c1-2-15(13,14)10-8-5-3-7(4-6-8)9(11)12/h3-6,10H,2H2,1H3,(H,11,12)/p-1. The van der Waals surface area contributed by atoms with E-state index in [1.165, 1.54) is 31.2 Å². The molecule has 0 aliphatic heterocycles. The van der Waals surface area contributed by atoms with E-state index in [-0.39, 0.29) is 11.3 Å². The minimum absolute atomic E-state index is 0.00875. The summed E-state index contributed by atoms with van der Waals surface area (Å²) in [6.07, 6.45) is 0. The molecular formula is C9H10NO4S-. The molecule has 0 fully saturated rings. The molecule has 82 valence electrons. The van der Waals surface area contributed by atoms with Crippen LogP contribution in [0.5, 0.6) is 0 Å². The topological polar surface area (TPSA) is 86.3 Å². The van der Waals surface area contributed by atoms with Crippen molar-refractivity contribution in [1.82, 2.24) is 0 Å². The number of anilines is 1. The summed E-state index contributed by atoms with van der Waals surface area (Å²) in [6.45, 7) is 1.51. The maximum Gasteiger partial charge on any atom is 0.232 e. The van der Waals surface area contributed by atoms with Crippen LogP contribution < -0.4 is 9.83 Å². The lowest BCUT2D eigenvalue weighted by Crippen LogP contribution is -2.22. The number of carbonyl (C=O) groups is 1. The lowest BCUT2D eigenvalue weighted by Gasteiger charge is -2.07. The SMILES string of the molecule is CCS(=O)(=O)Nc1ccc(C(=O)[O-])cc1. The molecule has 0 unspecified atom stereocenters. The van der Waals surface area contributed by atoms with E-state index in [1.54, 1.807) is 0 Å². The summed E-state index contributed by atoms with van der Waals surface area (Å²) in [5, 5.41) is 10.4. The van der Waals surface area contributed by atoms with E-state index in [1.807, 2.05) is 0 Å². The van der Waals surface area contributed by atoms with Crippen LogP contribution in [-0.4, -0.2) is 20.1 Å². The van der Waals surface area contributed by atoms with E-state index in [4.69, 9.17) is 0 Å². The molecule has 5 nitrogen and oxygen atoms in total. The van der Waals surface area contributed by atoms with E-state index in [9.17, 15) is 18.3 Å². The molecule has 0 saturated carbocycles. The molecule has 0 amide bonds. The van der Waals surface area contributed by atoms with Crippen molar-refractivity contribution in [3.05, 3.63) is 29.8 Å². The van der Waals surface area contributed by atoms with Gasteiger partial charge in [-0.3, -0.25) is 4.72 Å². The smallest absolute Gasteiger partial charge is 0.232 e. The zero-order valence-electron chi connectivity index (χ0n) is 8.06. The van der Waals surface area contributed by atoms with Gasteiger partial charge in [-0.2, -0.15) is 0 Å². The van der Waals surface area contributed by atoms with Crippen molar-refractivity contribution < 1.29 is 18.3 Å². The number of carboxylic acids is 1. The predicted molar refractivity (Wildman–Crippen MR) is 53.9 cm³/mol. The van der Waals surface area contributed by atoms with Crippen molar-refractivity contribution in [3.8, 4) is 0 Å². The third-order valence-corrected chi connectivity index (χ3v) is 3.08. The highest BCUT2D eigenvalue weighted by atomic mass is 32.2. The van der Waals surface area contributed by atoms with Gasteiger partial charge in [0.1, 0.15) is 0 Å². The molecule has 1 aromatic rings. The van der Waals surface area contributed by atoms with Crippen molar-refractivity contribution in [2.45, 2.75) is 6.92 Å². The lowest BCUT2D eigenvalue weighted by atomic mass is 10.2. The Labute approximate surface area is 87.8 Å². The molecule has 0 spiro atoms. The zero-order valence-corrected chi connectivity index (χ0v) is 8.87. The van der Waals surface area contributed by atoms with Crippen molar-refractivity contribution in [2.24, 2.45) is 0 Å². The Hall–Kier alpha value is -1.56. The number of hydrogen-bond acceptors (Lipinski definition) is 4. The summed E-state index contributed by atoms with van der Waals surface area (Å²) in [5.41, 5.74) is 0.344. The zero-order chi connectivity index (χ0) is 11.5. The van der Waals surface area contributed by atoms with E-state index in [0.29, 0.717) is 5.69 Å². The van der Waals surface area contributed by atoms with Crippen LogP contribution in [0.3, 0.4) is 0 Å². The number of carboxylic acid groups (broad SMARTS) is 1. The van der Waals surface area contributed by atoms with Gasteiger partial charge in [0.2, 0.25) is 10.0 Å². The third kappa shape index (κ3) is 3.25. The minimum Gasteiger partial charge on any atom is -0.545 e. The highest BCUT2D eigenvalue weighted by Gasteiger charge is 2.05. The van der Waals surface area contributed by atoms with Crippen LogP contribution in [0.15, 0.2) is 24.3 Å². The van der Waals surface area contributed by atoms with E-state index in [2.05, 4.69) is 4.72 Å². The number of nitrogens with one attached hydrogen (secondary N) is 1. The van der Waals surface area contributed by atoms with Gasteiger partial charge in [0.05, 0.1) is 11.7 Å². The first kappa shape index (κ1) is 11.5. The summed E-state index contributed by atoms with van der Waals surface area (Å²) in [6, 6.07) is 5.31. The molecule has 1 N–H and O–H groups in total. The molecule has 0 radical (unpaired) electrons. The van der Waals surface area contributed by atoms with Gasteiger partial charge in [-0.05, 0) is 24.6 Å². The number of hydrogen-bond donors (Lipinski definition) is 1. The summed E-state index contributed by atoms with van der Waals surface area (Å²) in [7, 11) is -3.32. The van der Waals surface area contributed by atoms with Gasteiger partial charge in [-0.15, -0.1) is 0 Å². The van der Waals surface area contributed by atoms with Crippen molar-refractivity contribution in [3.63, 3.8) is 0 Å². The van der Waals surface area contributed by atoms with Gasteiger partial charge in [0.25, 0.3) is 0 Å². The fourth-order valence-electron chi connectivity index (χ4n) is 0.926. The van der Waals surface area contributed by atoms with Gasteiger partial charge < -0.3 is 9.90 Å². The molecule has 0 saturated heterocycles. The Balaban J connectivity index is 2.86. The van der Waals surface area contributed by atoms with Gasteiger partial charge in [0, 0.05) is 5.69 Å². The molecular weight excluding hydrogens is 218 g/mol. The number of carbonyl (C=O) groups excluding carboxylic acids is 1. The van der Waals surface area contributed by atoms with Crippen LogP contribution in [0.1, 0.15) is 17.3 Å². The molecule has 0 atom stereocenters.